The quantitative estimate of drug-likeness (QED) is 0.813. The fourth-order valence-corrected chi connectivity index (χ4v) is 2.67. The third-order valence-electron chi connectivity index (χ3n) is 3.80. The molecule has 0 atom stereocenters. The maximum Gasteiger partial charge on any atom is 0.387 e. The standard InChI is InChI=1S/C17H17FN2O5/c1-19(11-17(23)24-15(21)4-5-16(22)25-17)8-9-20-7-6-12-10-13(18)2-3-14(12)20/h2-7,10,23H,8-9,11H2,1H3. The van der Waals surface area contributed by atoms with E-state index in [2.05, 4.69) is 0 Å². The molecule has 0 spiro atoms. The van der Waals surface area contributed by atoms with Crippen LogP contribution >= 0.6 is 0 Å². The van der Waals surface area contributed by atoms with Gasteiger partial charge < -0.3 is 19.1 Å². The van der Waals surface area contributed by atoms with Crippen molar-refractivity contribution in [2.24, 2.45) is 0 Å². The molecule has 1 aromatic heterocycles. The van der Waals surface area contributed by atoms with Gasteiger partial charge in [-0.15, -0.1) is 0 Å². The molecule has 0 unspecified atom stereocenters. The van der Waals surface area contributed by atoms with Crippen LogP contribution in [0.25, 0.3) is 10.9 Å². The highest BCUT2D eigenvalue weighted by Crippen LogP contribution is 2.18. The Morgan fingerprint density at radius 2 is 1.88 bits per heavy atom. The van der Waals surface area contributed by atoms with Gasteiger partial charge >= 0.3 is 17.9 Å². The van der Waals surface area contributed by atoms with E-state index in [1.165, 1.54) is 12.1 Å². The third-order valence-corrected chi connectivity index (χ3v) is 3.80. The highest BCUT2D eigenvalue weighted by molar-refractivity contribution is 5.93. The van der Waals surface area contributed by atoms with E-state index in [0.29, 0.717) is 13.1 Å². The number of rotatable bonds is 5. The highest BCUT2D eigenvalue weighted by atomic mass is 19.1. The summed E-state index contributed by atoms with van der Waals surface area (Å²) < 4.78 is 24.7. The molecule has 0 radical (unpaired) electrons. The monoisotopic (exact) mass is 348 g/mol. The summed E-state index contributed by atoms with van der Waals surface area (Å²) in [5, 5.41) is 11.0. The molecule has 0 fully saturated rings. The molecule has 1 N–H and O–H groups in total. The van der Waals surface area contributed by atoms with E-state index >= 15 is 0 Å². The third kappa shape index (κ3) is 4.04. The molecule has 132 valence electrons. The van der Waals surface area contributed by atoms with Crippen LogP contribution in [0.2, 0.25) is 0 Å². The average molecular weight is 348 g/mol. The second-order valence-corrected chi connectivity index (χ2v) is 5.84. The van der Waals surface area contributed by atoms with Crippen LogP contribution in [0.5, 0.6) is 0 Å². The predicted molar refractivity (Wildman–Crippen MR) is 85.7 cm³/mol. The van der Waals surface area contributed by atoms with Gasteiger partial charge in [-0.3, -0.25) is 4.90 Å². The lowest BCUT2D eigenvalue weighted by Gasteiger charge is -2.29. The summed E-state index contributed by atoms with van der Waals surface area (Å²) in [5.74, 6) is -4.36. The van der Waals surface area contributed by atoms with Crippen molar-refractivity contribution in [1.82, 2.24) is 9.47 Å². The number of nitrogens with zero attached hydrogens (tertiary/aromatic N) is 2. The van der Waals surface area contributed by atoms with Crippen molar-refractivity contribution in [3.8, 4) is 0 Å². The van der Waals surface area contributed by atoms with Crippen LogP contribution in [0.1, 0.15) is 0 Å². The van der Waals surface area contributed by atoms with Crippen molar-refractivity contribution in [1.29, 1.82) is 0 Å². The maximum absolute atomic E-state index is 13.2. The number of benzene rings is 1. The van der Waals surface area contributed by atoms with E-state index in [4.69, 9.17) is 9.47 Å². The molecular formula is C17H17FN2O5. The Labute approximate surface area is 142 Å². The highest BCUT2D eigenvalue weighted by Gasteiger charge is 2.38. The van der Waals surface area contributed by atoms with Crippen LogP contribution in [-0.4, -0.2) is 52.6 Å². The molecule has 3 rings (SSSR count). The Hall–Kier alpha value is -2.71. The minimum Gasteiger partial charge on any atom is -0.394 e. The van der Waals surface area contributed by atoms with E-state index in [9.17, 15) is 19.1 Å². The summed E-state index contributed by atoms with van der Waals surface area (Å²) in [6.45, 7) is 0.799. The van der Waals surface area contributed by atoms with Gasteiger partial charge in [0.25, 0.3) is 0 Å². The number of esters is 2. The van der Waals surface area contributed by atoms with Crippen molar-refractivity contribution < 1.29 is 28.6 Å². The van der Waals surface area contributed by atoms with E-state index in [1.54, 1.807) is 18.0 Å². The van der Waals surface area contributed by atoms with Crippen molar-refractivity contribution >= 4 is 22.8 Å². The van der Waals surface area contributed by atoms with Crippen LogP contribution in [0, 0.1) is 5.82 Å². The molecule has 0 saturated carbocycles. The summed E-state index contributed by atoms with van der Waals surface area (Å²) in [7, 11) is 1.68. The number of fused-ring (bicyclic) bond motifs is 1. The van der Waals surface area contributed by atoms with E-state index in [0.717, 1.165) is 23.1 Å². The van der Waals surface area contributed by atoms with Gasteiger partial charge in [-0.1, -0.05) is 0 Å². The first-order chi connectivity index (χ1) is 11.8. The van der Waals surface area contributed by atoms with Gasteiger partial charge in [0.05, 0.1) is 0 Å². The van der Waals surface area contributed by atoms with Gasteiger partial charge in [0.2, 0.25) is 0 Å². The lowest BCUT2D eigenvalue weighted by Crippen LogP contribution is -2.48. The molecule has 1 aliphatic rings. The number of carbonyl (C=O) groups is 2. The first kappa shape index (κ1) is 17.1. The van der Waals surface area contributed by atoms with Crippen molar-refractivity contribution in [2.75, 3.05) is 20.1 Å². The fourth-order valence-electron chi connectivity index (χ4n) is 2.67. The number of hydrogen-bond acceptors (Lipinski definition) is 6. The molecule has 1 aromatic carbocycles. The first-order valence-electron chi connectivity index (χ1n) is 7.64. The molecule has 2 heterocycles. The van der Waals surface area contributed by atoms with Gasteiger partial charge in [0, 0.05) is 42.3 Å². The summed E-state index contributed by atoms with van der Waals surface area (Å²) in [6.07, 6.45) is 3.62. The second kappa shape index (κ2) is 6.66. The minimum absolute atomic E-state index is 0.208. The van der Waals surface area contributed by atoms with Gasteiger partial charge in [-0.25, -0.2) is 14.0 Å². The Bertz CT molecular complexity index is 825. The molecular weight excluding hydrogens is 331 g/mol. The number of cyclic esters (lactones) is 2. The normalized spacial score (nSPS) is 16.8. The SMILES string of the molecule is CN(CCn1ccc2cc(F)ccc21)CC1(O)OC(=O)C=CC(=O)O1. The van der Waals surface area contributed by atoms with Crippen LogP contribution in [-0.2, 0) is 25.6 Å². The lowest BCUT2D eigenvalue weighted by atomic mass is 10.2. The number of aliphatic hydroxyl groups is 1. The topological polar surface area (TPSA) is 81.0 Å². The molecule has 0 saturated heterocycles. The molecule has 1 aliphatic heterocycles. The van der Waals surface area contributed by atoms with Crippen LogP contribution < -0.4 is 0 Å². The largest absolute Gasteiger partial charge is 0.394 e. The molecule has 2 aromatic rings. The lowest BCUT2D eigenvalue weighted by molar-refractivity contribution is -0.323. The summed E-state index contributed by atoms with van der Waals surface area (Å²) >= 11 is 0. The number of aromatic nitrogens is 1. The van der Waals surface area contributed by atoms with Crippen LogP contribution in [0.4, 0.5) is 4.39 Å². The van der Waals surface area contributed by atoms with Crippen molar-refractivity contribution in [3.05, 3.63) is 48.4 Å². The summed E-state index contributed by atoms with van der Waals surface area (Å²) in [5.41, 5.74) is 0.880. The molecule has 0 amide bonds. The number of ether oxygens (including phenoxy) is 2. The van der Waals surface area contributed by atoms with E-state index in [-0.39, 0.29) is 12.4 Å². The van der Waals surface area contributed by atoms with E-state index in [1.807, 2.05) is 16.8 Å². The van der Waals surface area contributed by atoms with Crippen molar-refractivity contribution in [3.63, 3.8) is 0 Å². The van der Waals surface area contributed by atoms with Gasteiger partial charge in [0.15, 0.2) is 0 Å². The zero-order valence-corrected chi connectivity index (χ0v) is 13.5. The summed E-state index contributed by atoms with van der Waals surface area (Å²) in [6, 6.07) is 6.35. The fraction of sp³-hybridized carbons (Fsp3) is 0.294. The number of hydrogen-bond donors (Lipinski definition) is 1. The van der Waals surface area contributed by atoms with Crippen molar-refractivity contribution in [2.45, 2.75) is 12.5 Å². The smallest absolute Gasteiger partial charge is 0.387 e. The summed E-state index contributed by atoms with van der Waals surface area (Å²) in [4.78, 5) is 24.4. The zero-order valence-electron chi connectivity index (χ0n) is 13.5. The molecule has 0 aliphatic carbocycles. The number of halogens is 1. The Morgan fingerprint density at radius 1 is 1.20 bits per heavy atom. The van der Waals surface area contributed by atoms with Crippen LogP contribution in [0.3, 0.4) is 0 Å². The molecule has 8 heteroatoms. The number of likely N-dealkylation sites (N-methyl/N-ethyl adjacent to an activating group) is 1. The number of carbonyl (C=O) groups excluding carboxylic acids is 2. The molecule has 25 heavy (non-hydrogen) atoms. The van der Waals surface area contributed by atoms with E-state index < -0.39 is 17.9 Å². The Balaban J connectivity index is 1.63. The zero-order chi connectivity index (χ0) is 18.0. The molecule has 7 nitrogen and oxygen atoms in total. The van der Waals surface area contributed by atoms with Crippen LogP contribution in [0.15, 0.2) is 42.6 Å². The van der Waals surface area contributed by atoms with Gasteiger partial charge in [0.1, 0.15) is 12.4 Å². The Kier molecular flexibility index (Phi) is 4.56. The first-order valence-corrected chi connectivity index (χ1v) is 7.64. The van der Waals surface area contributed by atoms with Gasteiger partial charge in [-0.05, 0) is 31.3 Å². The Morgan fingerprint density at radius 3 is 2.56 bits per heavy atom. The van der Waals surface area contributed by atoms with Gasteiger partial charge in [-0.2, -0.15) is 0 Å². The maximum atomic E-state index is 13.2. The minimum atomic E-state index is -2.34. The average Bonchev–Trinajstić information content (AvgIpc) is 2.86. The second-order valence-electron chi connectivity index (χ2n) is 5.84. The predicted octanol–water partition coefficient (Wildman–Crippen LogP) is 1.01. The molecule has 0 bridgehead atoms.